The van der Waals surface area contributed by atoms with E-state index in [2.05, 4.69) is 0 Å². The largest absolute Gasteiger partial charge is 0.467 e. The van der Waals surface area contributed by atoms with Gasteiger partial charge in [-0.2, -0.15) is 0 Å². The van der Waals surface area contributed by atoms with Gasteiger partial charge in [0, 0.05) is 14.2 Å². The summed E-state index contributed by atoms with van der Waals surface area (Å²) >= 11 is 0. The van der Waals surface area contributed by atoms with Crippen LogP contribution in [0.2, 0.25) is 0 Å². The molecule has 0 saturated carbocycles. The summed E-state index contributed by atoms with van der Waals surface area (Å²) in [7, 11) is 3.43. The molecule has 0 aliphatic rings. The predicted molar refractivity (Wildman–Crippen MR) is 70.8 cm³/mol. The predicted octanol–water partition coefficient (Wildman–Crippen LogP) is 3.66. The van der Waals surface area contributed by atoms with Crippen LogP contribution in [0.5, 0.6) is 0 Å². The molecular formula is C14H26O3. The maximum absolute atomic E-state index is 5.65. The standard InChI is InChI=1S/C14H26O3/c1-11(15-5)7-9-13(3)17-14(4)10-8-12(2)16-6/h9-12H,7-8H2,1-6H3. The molecule has 0 aliphatic carbocycles. The Kier molecular flexibility index (Phi) is 8.82. The maximum atomic E-state index is 5.65. The lowest BCUT2D eigenvalue weighted by atomic mass is 10.2. The Hall–Kier alpha value is -0.800. The lowest BCUT2D eigenvalue weighted by molar-refractivity contribution is 0.119. The summed E-state index contributed by atoms with van der Waals surface area (Å²) in [5, 5.41) is 0. The lowest BCUT2D eigenvalue weighted by Crippen LogP contribution is -2.03. The van der Waals surface area contributed by atoms with Crippen molar-refractivity contribution in [2.75, 3.05) is 14.2 Å². The van der Waals surface area contributed by atoms with E-state index in [1.165, 1.54) is 0 Å². The van der Waals surface area contributed by atoms with E-state index in [9.17, 15) is 0 Å². The van der Waals surface area contributed by atoms with Crippen molar-refractivity contribution in [2.45, 2.75) is 52.7 Å². The van der Waals surface area contributed by atoms with Gasteiger partial charge in [-0.05, 0) is 52.7 Å². The van der Waals surface area contributed by atoms with Crippen molar-refractivity contribution in [3.63, 3.8) is 0 Å². The van der Waals surface area contributed by atoms with Gasteiger partial charge in [0.15, 0.2) is 0 Å². The van der Waals surface area contributed by atoms with E-state index in [0.717, 1.165) is 24.4 Å². The third-order valence-electron chi connectivity index (χ3n) is 2.60. The Morgan fingerprint density at radius 3 is 1.53 bits per heavy atom. The maximum Gasteiger partial charge on any atom is 0.0966 e. The number of rotatable bonds is 8. The van der Waals surface area contributed by atoms with Crippen LogP contribution in [0.3, 0.4) is 0 Å². The van der Waals surface area contributed by atoms with Crippen LogP contribution >= 0.6 is 0 Å². The molecule has 0 rings (SSSR count). The van der Waals surface area contributed by atoms with E-state index in [0.29, 0.717) is 0 Å². The average Bonchev–Trinajstić information content (AvgIpc) is 2.32. The SMILES string of the molecule is COC(C)CC=C(C)OC(C)=CCC(C)OC. The number of ether oxygens (including phenoxy) is 3. The molecule has 0 spiro atoms. The Bertz CT molecular complexity index is 230. The van der Waals surface area contributed by atoms with Crippen molar-refractivity contribution in [3.8, 4) is 0 Å². The normalized spacial score (nSPS) is 16.8. The molecule has 0 radical (unpaired) electrons. The van der Waals surface area contributed by atoms with Crippen LogP contribution in [-0.2, 0) is 14.2 Å². The zero-order valence-electron chi connectivity index (χ0n) is 11.9. The Morgan fingerprint density at radius 1 is 0.882 bits per heavy atom. The molecule has 0 aromatic heterocycles. The number of allylic oxidation sites excluding steroid dienone is 2. The van der Waals surface area contributed by atoms with Crippen LogP contribution < -0.4 is 0 Å². The lowest BCUT2D eigenvalue weighted by Gasteiger charge is -2.10. The van der Waals surface area contributed by atoms with Gasteiger partial charge < -0.3 is 14.2 Å². The second kappa shape index (κ2) is 9.25. The quantitative estimate of drug-likeness (QED) is 0.608. The van der Waals surface area contributed by atoms with E-state index < -0.39 is 0 Å². The minimum absolute atomic E-state index is 0.228. The van der Waals surface area contributed by atoms with Gasteiger partial charge in [-0.1, -0.05) is 0 Å². The average molecular weight is 242 g/mol. The second-order valence-corrected chi connectivity index (χ2v) is 4.30. The highest BCUT2D eigenvalue weighted by molar-refractivity contribution is 4.98. The fourth-order valence-corrected chi connectivity index (χ4v) is 1.19. The van der Waals surface area contributed by atoms with Gasteiger partial charge in [0.25, 0.3) is 0 Å². The van der Waals surface area contributed by atoms with Crippen molar-refractivity contribution < 1.29 is 14.2 Å². The van der Waals surface area contributed by atoms with Gasteiger partial charge in [-0.3, -0.25) is 0 Å². The Labute approximate surface area is 105 Å². The number of hydrogen-bond donors (Lipinski definition) is 0. The molecule has 2 atom stereocenters. The topological polar surface area (TPSA) is 27.7 Å². The zero-order valence-corrected chi connectivity index (χ0v) is 11.9. The molecule has 2 unspecified atom stereocenters. The molecule has 0 saturated heterocycles. The van der Waals surface area contributed by atoms with Gasteiger partial charge in [0.05, 0.1) is 23.7 Å². The molecule has 3 nitrogen and oxygen atoms in total. The fourth-order valence-electron chi connectivity index (χ4n) is 1.19. The molecule has 3 heteroatoms. The first-order chi connectivity index (χ1) is 7.99. The molecular weight excluding hydrogens is 216 g/mol. The molecule has 0 amide bonds. The zero-order chi connectivity index (χ0) is 13.3. The van der Waals surface area contributed by atoms with Crippen molar-refractivity contribution in [3.05, 3.63) is 23.7 Å². The van der Waals surface area contributed by atoms with Crippen LogP contribution in [0.1, 0.15) is 40.5 Å². The van der Waals surface area contributed by atoms with E-state index >= 15 is 0 Å². The molecule has 0 bridgehead atoms. The summed E-state index contributed by atoms with van der Waals surface area (Å²) in [6, 6.07) is 0. The third kappa shape index (κ3) is 8.95. The van der Waals surface area contributed by atoms with Crippen LogP contribution in [0.25, 0.3) is 0 Å². The monoisotopic (exact) mass is 242 g/mol. The summed E-state index contributed by atoms with van der Waals surface area (Å²) in [5.74, 6) is 1.82. The Morgan fingerprint density at radius 2 is 1.24 bits per heavy atom. The van der Waals surface area contributed by atoms with Crippen LogP contribution in [0.15, 0.2) is 23.7 Å². The number of hydrogen-bond acceptors (Lipinski definition) is 3. The minimum Gasteiger partial charge on any atom is -0.467 e. The van der Waals surface area contributed by atoms with Crippen molar-refractivity contribution in [1.29, 1.82) is 0 Å². The van der Waals surface area contributed by atoms with Crippen LogP contribution in [0, 0.1) is 0 Å². The van der Waals surface area contributed by atoms with Crippen molar-refractivity contribution in [1.82, 2.24) is 0 Å². The first-order valence-corrected chi connectivity index (χ1v) is 6.06. The summed E-state index contributed by atoms with van der Waals surface area (Å²) < 4.78 is 16.0. The Balaban J connectivity index is 4.05. The highest BCUT2D eigenvalue weighted by Gasteiger charge is 2.00. The molecule has 0 N–H and O–H groups in total. The van der Waals surface area contributed by atoms with Gasteiger partial charge >= 0.3 is 0 Å². The number of methoxy groups -OCH3 is 2. The highest BCUT2D eigenvalue weighted by Crippen LogP contribution is 2.10. The van der Waals surface area contributed by atoms with E-state index in [4.69, 9.17) is 14.2 Å². The second-order valence-electron chi connectivity index (χ2n) is 4.30. The molecule has 0 aliphatic heterocycles. The van der Waals surface area contributed by atoms with Crippen LogP contribution in [-0.4, -0.2) is 26.4 Å². The molecule has 100 valence electrons. The molecule has 0 fully saturated rings. The molecule has 0 heterocycles. The summed E-state index contributed by atoms with van der Waals surface area (Å²) in [6.07, 6.45) is 6.28. The van der Waals surface area contributed by atoms with Crippen LogP contribution in [0.4, 0.5) is 0 Å². The molecule has 0 aromatic carbocycles. The summed E-state index contributed by atoms with van der Waals surface area (Å²) in [6.45, 7) is 7.98. The highest BCUT2D eigenvalue weighted by atomic mass is 16.5. The third-order valence-corrected chi connectivity index (χ3v) is 2.60. The molecule has 17 heavy (non-hydrogen) atoms. The van der Waals surface area contributed by atoms with E-state index in [-0.39, 0.29) is 12.2 Å². The molecule has 0 aromatic rings. The smallest absolute Gasteiger partial charge is 0.0966 e. The van der Waals surface area contributed by atoms with Crippen molar-refractivity contribution >= 4 is 0 Å². The fraction of sp³-hybridized carbons (Fsp3) is 0.714. The van der Waals surface area contributed by atoms with Gasteiger partial charge in [-0.15, -0.1) is 0 Å². The van der Waals surface area contributed by atoms with E-state index in [1.54, 1.807) is 14.2 Å². The van der Waals surface area contributed by atoms with Gasteiger partial charge in [0.1, 0.15) is 0 Å². The van der Waals surface area contributed by atoms with Gasteiger partial charge in [0.2, 0.25) is 0 Å². The van der Waals surface area contributed by atoms with Gasteiger partial charge in [-0.25, -0.2) is 0 Å². The van der Waals surface area contributed by atoms with Crippen molar-refractivity contribution in [2.24, 2.45) is 0 Å². The first-order valence-electron chi connectivity index (χ1n) is 6.06. The summed E-state index contributed by atoms with van der Waals surface area (Å²) in [5.41, 5.74) is 0. The first kappa shape index (κ1) is 16.2. The summed E-state index contributed by atoms with van der Waals surface area (Å²) in [4.78, 5) is 0. The minimum atomic E-state index is 0.228. The van der Waals surface area contributed by atoms with E-state index in [1.807, 2.05) is 39.8 Å².